The van der Waals surface area contributed by atoms with Crippen molar-refractivity contribution in [3.05, 3.63) is 83.9 Å². The summed E-state index contributed by atoms with van der Waals surface area (Å²) in [6, 6.07) is 21.1. The minimum Gasteiger partial charge on any atom is -0.167 e. The van der Waals surface area contributed by atoms with Gasteiger partial charge in [-0.3, -0.25) is 0 Å². The van der Waals surface area contributed by atoms with Gasteiger partial charge >= 0.3 is 0 Å². The third-order valence-electron chi connectivity index (χ3n) is 5.25. The predicted molar refractivity (Wildman–Crippen MR) is 126 cm³/mol. The fourth-order valence-electron chi connectivity index (χ4n) is 3.79. The van der Waals surface area contributed by atoms with Crippen LogP contribution in [0.1, 0.15) is 48.4 Å². The maximum absolute atomic E-state index is 7.20. The molecule has 0 fully saturated rings. The molecule has 0 unspecified atom stereocenters. The Bertz CT molecular complexity index is 677. The van der Waals surface area contributed by atoms with Crippen molar-refractivity contribution < 1.29 is 0 Å². The first-order chi connectivity index (χ1) is 13.1. The average molecular weight is 397 g/mol. The van der Waals surface area contributed by atoms with Gasteiger partial charge < -0.3 is 0 Å². The van der Waals surface area contributed by atoms with Crippen LogP contribution in [0.15, 0.2) is 61.7 Å². The minimum absolute atomic E-state index is 1.12. The Morgan fingerprint density at radius 3 is 1.70 bits per heavy atom. The zero-order valence-electron chi connectivity index (χ0n) is 16.7. The molecule has 2 aromatic rings. The van der Waals surface area contributed by atoms with Gasteiger partial charge in [0, 0.05) is 0 Å². The van der Waals surface area contributed by atoms with Crippen LogP contribution in [0.2, 0.25) is 18.1 Å². The molecule has 0 aliphatic heterocycles. The number of aryl methyl sites for hydroxylation is 2. The maximum atomic E-state index is 7.20. The minimum atomic E-state index is -1.67. The lowest BCUT2D eigenvalue weighted by atomic mass is 10.1. The smallest absolute Gasteiger partial charge is 0.156 e. The van der Waals surface area contributed by atoms with E-state index in [1.54, 1.807) is 0 Å². The van der Waals surface area contributed by atoms with Crippen molar-refractivity contribution in [2.75, 3.05) is 0 Å². The molecular weight excluding hydrogens is 364 g/mol. The van der Waals surface area contributed by atoms with Crippen LogP contribution < -0.4 is 0 Å². The van der Waals surface area contributed by atoms with Gasteiger partial charge in [0.15, 0.2) is 7.38 Å². The first-order valence-corrected chi connectivity index (χ1v) is 13.8. The van der Waals surface area contributed by atoms with E-state index in [9.17, 15) is 0 Å². The van der Waals surface area contributed by atoms with Crippen LogP contribution in [0.3, 0.4) is 0 Å². The molecule has 2 rings (SSSR count). The van der Waals surface area contributed by atoms with E-state index in [-0.39, 0.29) is 0 Å². The Balaban J connectivity index is 1.85. The summed E-state index contributed by atoms with van der Waals surface area (Å²) in [5.41, 5.74) is 5.21. The lowest BCUT2D eigenvalue weighted by Crippen LogP contribution is -2.26. The maximum Gasteiger partial charge on any atom is 0.156 e. The van der Waals surface area contributed by atoms with Crippen LogP contribution in [0.25, 0.3) is 12.2 Å². The first kappa shape index (κ1) is 21.7. The third-order valence-corrected chi connectivity index (χ3v) is 10.8. The fourth-order valence-corrected chi connectivity index (χ4v) is 8.43. The van der Waals surface area contributed by atoms with Gasteiger partial charge in [0.05, 0.1) is 0 Å². The van der Waals surface area contributed by atoms with E-state index in [4.69, 9.17) is 11.1 Å². The molecule has 0 atom stereocenters. The van der Waals surface area contributed by atoms with Gasteiger partial charge in [0.2, 0.25) is 0 Å². The van der Waals surface area contributed by atoms with Crippen molar-refractivity contribution in [1.29, 1.82) is 0 Å². The monoisotopic (exact) mass is 396 g/mol. The van der Waals surface area contributed by atoms with Crippen LogP contribution in [0.5, 0.6) is 0 Å². The highest BCUT2D eigenvalue weighted by Crippen LogP contribution is 2.31. The van der Waals surface area contributed by atoms with E-state index in [0.717, 1.165) is 12.8 Å². The highest BCUT2D eigenvalue weighted by atomic mass is 35.6. The van der Waals surface area contributed by atoms with E-state index in [1.807, 2.05) is 12.2 Å². The van der Waals surface area contributed by atoms with Crippen LogP contribution in [0.4, 0.5) is 0 Å². The molecular formula is C25H33ClSi. The molecule has 0 N–H and O–H groups in total. The molecule has 0 saturated carbocycles. The summed E-state index contributed by atoms with van der Waals surface area (Å²) in [6.07, 6.45) is 9.67. The summed E-state index contributed by atoms with van der Waals surface area (Å²) in [5, 5.41) is 0. The van der Waals surface area contributed by atoms with Crippen LogP contribution >= 0.6 is 11.1 Å². The van der Waals surface area contributed by atoms with E-state index in [2.05, 4.69) is 68.6 Å². The number of halogens is 1. The van der Waals surface area contributed by atoms with Crippen molar-refractivity contribution in [3.63, 3.8) is 0 Å². The zero-order chi connectivity index (χ0) is 19.5. The Kier molecular flexibility index (Phi) is 9.10. The number of benzene rings is 2. The number of hydrogen-bond donors (Lipinski definition) is 0. The lowest BCUT2D eigenvalue weighted by molar-refractivity contribution is 0.852. The lowest BCUT2D eigenvalue weighted by Gasteiger charge is -2.24. The summed E-state index contributed by atoms with van der Waals surface area (Å²) in [6.45, 7) is 10.0. The third kappa shape index (κ3) is 7.52. The topological polar surface area (TPSA) is 0 Å². The van der Waals surface area contributed by atoms with Gasteiger partial charge in [-0.05, 0) is 53.2 Å². The molecule has 0 bridgehead atoms. The van der Waals surface area contributed by atoms with Gasteiger partial charge in [-0.25, -0.2) is 0 Å². The van der Waals surface area contributed by atoms with E-state index in [0.29, 0.717) is 0 Å². The van der Waals surface area contributed by atoms with Crippen molar-refractivity contribution in [2.45, 2.75) is 57.2 Å². The Morgan fingerprint density at radius 1 is 0.815 bits per heavy atom. The summed E-state index contributed by atoms with van der Waals surface area (Å²) >= 11 is 7.20. The summed E-state index contributed by atoms with van der Waals surface area (Å²) < 4.78 is 0. The summed E-state index contributed by atoms with van der Waals surface area (Å²) in [4.78, 5) is 0. The molecule has 0 radical (unpaired) electrons. The van der Waals surface area contributed by atoms with Crippen LogP contribution in [-0.4, -0.2) is 7.38 Å². The molecule has 0 saturated heterocycles. The van der Waals surface area contributed by atoms with Gasteiger partial charge in [-0.15, -0.1) is 0 Å². The molecule has 0 nitrogen and oxygen atoms in total. The SMILES string of the molecule is C=Cc1cccc(CCC[Si](Cl)(CCC)CCCc2cccc(C=C)c2)c1. The van der Waals surface area contributed by atoms with Crippen LogP contribution in [-0.2, 0) is 12.8 Å². The van der Waals surface area contributed by atoms with Gasteiger partial charge in [0.25, 0.3) is 0 Å². The van der Waals surface area contributed by atoms with Crippen LogP contribution in [0, 0.1) is 0 Å². The molecule has 0 aliphatic rings. The Labute approximate surface area is 171 Å². The molecule has 2 aromatic carbocycles. The largest absolute Gasteiger partial charge is 0.167 e. The molecule has 0 aromatic heterocycles. The summed E-state index contributed by atoms with van der Waals surface area (Å²) in [7, 11) is -1.67. The molecule has 0 aliphatic carbocycles. The van der Waals surface area contributed by atoms with E-state index < -0.39 is 7.38 Å². The standard InChI is InChI=1S/C25H33ClSi/c1-4-17-27(26,18-9-15-24-13-7-11-22(5-2)20-24)19-10-16-25-14-8-12-23(6-3)21-25/h5-8,11-14,20-21H,2-4,9-10,15-19H2,1H3. The molecule has 2 heteroatoms. The second-order valence-corrected chi connectivity index (χ2v) is 13.7. The molecule has 0 amide bonds. The zero-order valence-corrected chi connectivity index (χ0v) is 18.5. The Hall–Kier alpha value is -1.57. The second-order valence-electron chi connectivity index (χ2n) is 7.51. The molecule has 144 valence electrons. The highest BCUT2D eigenvalue weighted by molar-refractivity contribution is 7.20. The van der Waals surface area contributed by atoms with Gasteiger partial charge in [0.1, 0.15) is 0 Å². The average Bonchev–Trinajstić information content (AvgIpc) is 2.68. The van der Waals surface area contributed by atoms with E-state index >= 15 is 0 Å². The van der Waals surface area contributed by atoms with Crippen molar-refractivity contribution in [2.24, 2.45) is 0 Å². The van der Waals surface area contributed by atoms with Crippen molar-refractivity contribution in [3.8, 4) is 0 Å². The molecule has 0 heterocycles. The van der Waals surface area contributed by atoms with Gasteiger partial charge in [-0.1, -0.05) is 100 Å². The van der Waals surface area contributed by atoms with E-state index in [1.165, 1.54) is 59.6 Å². The summed E-state index contributed by atoms with van der Waals surface area (Å²) in [5.74, 6) is 0. The number of hydrogen-bond acceptors (Lipinski definition) is 0. The Morgan fingerprint density at radius 2 is 1.30 bits per heavy atom. The second kappa shape index (κ2) is 11.3. The van der Waals surface area contributed by atoms with Gasteiger partial charge in [-0.2, -0.15) is 11.1 Å². The fraction of sp³-hybridized carbons (Fsp3) is 0.360. The quantitative estimate of drug-likeness (QED) is 0.251. The first-order valence-electron chi connectivity index (χ1n) is 10.2. The molecule has 0 spiro atoms. The molecule has 27 heavy (non-hydrogen) atoms. The van der Waals surface area contributed by atoms with Crippen molar-refractivity contribution >= 4 is 30.6 Å². The number of rotatable bonds is 12. The normalized spacial score (nSPS) is 11.3. The predicted octanol–water partition coefficient (Wildman–Crippen LogP) is 8.13. The highest BCUT2D eigenvalue weighted by Gasteiger charge is 2.28. The van der Waals surface area contributed by atoms with Crippen molar-refractivity contribution in [1.82, 2.24) is 0 Å².